The number of anilines is 1. The SMILES string of the molecule is Cc1cc(C)c2[nH]c(=O)c(CN(C[C@H]3CCCO3)C(=O)Nc3ccccc3Cl)cc2c1. The molecule has 1 atom stereocenters. The molecule has 0 saturated carbocycles. The van der Waals surface area contributed by atoms with E-state index >= 15 is 0 Å². The van der Waals surface area contributed by atoms with Gasteiger partial charge in [-0.3, -0.25) is 4.79 Å². The maximum Gasteiger partial charge on any atom is 0.322 e. The van der Waals surface area contributed by atoms with Crippen LogP contribution in [0.4, 0.5) is 10.5 Å². The van der Waals surface area contributed by atoms with Gasteiger partial charge in [0.25, 0.3) is 5.56 Å². The first-order valence-electron chi connectivity index (χ1n) is 10.5. The van der Waals surface area contributed by atoms with E-state index in [-0.39, 0.29) is 24.2 Å². The van der Waals surface area contributed by atoms with Crippen LogP contribution in [0.1, 0.15) is 29.5 Å². The fourth-order valence-corrected chi connectivity index (χ4v) is 4.25. The van der Waals surface area contributed by atoms with Crippen molar-refractivity contribution in [3.63, 3.8) is 0 Å². The largest absolute Gasteiger partial charge is 0.376 e. The van der Waals surface area contributed by atoms with Crippen LogP contribution in [0.3, 0.4) is 0 Å². The third kappa shape index (κ3) is 4.92. The molecule has 2 aromatic carbocycles. The number of halogens is 1. The third-order valence-electron chi connectivity index (χ3n) is 5.58. The van der Waals surface area contributed by atoms with E-state index in [1.807, 2.05) is 38.1 Å². The first-order chi connectivity index (χ1) is 14.9. The number of carbonyl (C=O) groups excluding carboxylic acids is 1. The van der Waals surface area contributed by atoms with Gasteiger partial charge in [-0.15, -0.1) is 0 Å². The molecule has 0 radical (unpaired) electrons. The Morgan fingerprint density at radius 3 is 2.81 bits per heavy atom. The summed E-state index contributed by atoms with van der Waals surface area (Å²) < 4.78 is 5.74. The molecule has 3 aromatic rings. The number of amides is 2. The van der Waals surface area contributed by atoms with Crippen LogP contribution in [-0.2, 0) is 11.3 Å². The molecule has 6 nitrogen and oxygen atoms in total. The molecule has 1 fully saturated rings. The van der Waals surface area contributed by atoms with E-state index in [4.69, 9.17) is 16.3 Å². The lowest BCUT2D eigenvalue weighted by Crippen LogP contribution is -2.40. The van der Waals surface area contributed by atoms with Crippen LogP contribution in [0, 0.1) is 13.8 Å². The van der Waals surface area contributed by atoms with Crippen molar-refractivity contribution in [2.75, 3.05) is 18.5 Å². The van der Waals surface area contributed by atoms with Gasteiger partial charge in [0.1, 0.15) is 0 Å². The fraction of sp³-hybridized carbons (Fsp3) is 0.333. The van der Waals surface area contributed by atoms with Crippen LogP contribution in [-0.4, -0.2) is 35.2 Å². The number of aromatic nitrogens is 1. The molecule has 0 bridgehead atoms. The van der Waals surface area contributed by atoms with Crippen LogP contribution < -0.4 is 10.9 Å². The quantitative estimate of drug-likeness (QED) is 0.586. The number of aromatic amines is 1. The number of ether oxygens (including phenoxy) is 1. The minimum Gasteiger partial charge on any atom is -0.376 e. The first kappa shape index (κ1) is 21.4. The van der Waals surface area contributed by atoms with Gasteiger partial charge in [-0.05, 0) is 61.9 Å². The van der Waals surface area contributed by atoms with Gasteiger partial charge < -0.3 is 19.9 Å². The van der Waals surface area contributed by atoms with Crippen molar-refractivity contribution in [2.24, 2.45) is 0 Å². The highest BCUT2D eigenvalue weighted by molar-refractivity contribution is 6.33. The van der Waals surface area contributed by atoms with E-state index in [9.17, 15) is 9.59 Å². The molecule has 2 amide bonds. The summed E-state index contributed by atoms with van der Waals surface area (Å²) in [5, 5.41) is 4.28. The second-order valence-electron chi connectivity index (χ2n) is 8.10. The molecular weight excluding hydrogens is 414 g/mol. The number of hydrogen-bond donors (Lipinski definition) is 2. The summed E-state index contributed by atoms with van der Waals surface area (Å²) in [6.45, 7) is 5.28. The molecule has 1 aromatic heterocycles. The Morgan fingerprint density at radius 1 is 1.26 bits per heavy atom. The lowest BCUT2D eigenvalue weighted by atomic mass is 10.1. The molecule has 4 rings (SSSR count). The van der Waals surface area contributed by atoms with Gasteiger partial charge in [0.05, 0.1) is 28.9 Å². The Balaban J connectivity index is 1.64. The number of benzene rings is 2. The van der Waals surface area contributed by atoms with Gasteiger partial charge in [-0.1, -0.05) is 35.4 Å². The van der Waals surface area contributed by atoms with Gasteiger partial charge in [0.2, 0.25) is 0 Å². The van der Waals surface area contributed by atoms with Crippen LogP contribution in [0.5, 0.6) is 0 Å². The summed E-state index contributed by atoms with van der Waals surface area (Å²) in [6.07, 6.45) is 1.82. The van der Waals surface area contributed by atoms with Gasteiger partial charge in [-0.25, -0.2) is 4.79 Å². The van der Waals surface area contributed by atoms with Crippen molar-refractivity contribution in [3.8, 4) is 0 Å². The molecule has 0 aliphatic carbocycles. The van der Waals surface area contributed by atoms with Crippen LogP contribution in [0.25, 0.3) is 10.9 Å². The van der Waals surface area contributed by atoms with Crippen molar-refractivity contribution in [2.45, 2.75) is 39.3 Å². The van der Waals surface area contributed by atoms with E-state index in [0.29, 0.717) is 29.4 Å². The summed E-state index contributed by atoms with van der Waals surface area (Å²) in [6, 6.07) is 12.7. The number of aryl methyl sites for hydroxylation is 2. The minimum atomic E-state index is -0.316. The van der Waals surface area contributed by atoms with E-state index in [2.05, 4.69) is 10.3 Å². The zero-order chi connectivity index (χ0) is 22.0. The molecule has 162 valence electrons. The molecule has 2 heterocycles. The molecule has 1 saturated heterocycles. The maximum atomic E-state index is 13.1. The maximum absolute atomic E-state index is 13.1. The summed E-state index contributed by atoms with van der Waals surface area (Å²) in [4.78, 5) is 30.5. The number of urea groups is 1. The molecular formula is C24H26ClN3O3. The molecule has 1 aliphatic heterocycles. The number of nitrogens with zero attached hydrogens (tertiary/aromatic N) is 1. The van der Waals surface area contributed by atoms with Gasteiger partial charge in [0, 0.05) is 18.7 Å². The summed E-state index contributed by atoms with van der Waals surface area (Å²) in [7, 11) is 0. The number of nitrogens with one attached hydrogen (secondary N) is 2. The van der Waals surface area contributed by atoms with E-state index in [1.54, 1.807) is 23.1 Å². The van der Waals surface area contributed by atoms with E-state index < -0.39 is 0 Å². The first-order valence-corrected chi connectivity index (χ1v) is 10.8. The average molecular weight is 440 g/mol. The van der Waals surface area contributed by atoms with Gasteiger partial charge in [0.15, 0.2) is 0 Å². The smallest absolute Gasteiger partial charge is 0.322 e. The van der Waals surface area contributed by atoms with Gasteiger partial charge >= 0.3 is 6.03 Å². The van der Waals surface area contributed by atoms with Crippen molar-refractivity contribution in [1.29, 1.82) is 0 Å². The van der Waals surface area contributed by atoms with E-state index in [0.717, 1.165) is 34.9 Å². The highest BCUT2D eigenvalue weighted by atomic mass is 35.5. The molecule has 2 N–H and O–H groups in total. The van der Waals surface area contributed by atoms with Gasteiger partial charge in [-0.2, -0.15) is 0 Å². The number of hydrogen-bond acceptors (Lipinski definition) is 3. The standard InChI is InChI=1S/C24H26ClN3O3/c1-15-10-16(2)22-17(11-15)12-18(23(29)27-22)13-28(14-19-6-5-9-31-19)24(30)26-21-8-4-3-7-20(21)25/h3-4,7-8,10-12,19H,5-6,9,13-14H2,1-2H3,(H,26,30)(H,27,29)/t19-/m1/s1. The lowest BCUT2D eigenvalue weighted by molar-refractivity contribution is 0.0818. The Morgan fingerprint density at radius 2 is 2.06 bits per heavy atom. The highest BCUT2D eigenvalue weighted by Gasteiger charge is 2.24. The normalized spacial score (nSPS) is 15.9. The number of fused-ring (bicyclic) bond motifs is 1. The van der Waals surface area contributed by atoms with E-state index in [1.165, 1.54) is 0 Å². The highest BCUT2D eigenvalue weighted by Crippen LogP contribution is 2.23. The van der Waals surface area contributed by atoms with Crippen LogP contribution in [0.2, 0.25) is 5.02 Å². The second kappa shape index (κ2) is 9.12. The number of pyridine rings is 1. The molecule has 0 spiro atoms. The summed E-state index contributed by atoms with van der Waals surface area (Å²) in [5.41, 5.74) is 3.84. The molecule has 31 heavy (non-hydrogen) atoms. The average Bonchev–Trinajstić information content (AvgIpc) is 3.23. The zero-order valence-corrected chi connectivity index (χ0v) is 18.5. The number of rotatable bonds is 5. The summed E-state index contributed by atoms with van der Waals surface area (Å²) >= 11 is 6.21. The van der Waals surface area contributed by atoms with Crippen molar-refractivity contribution in [3.05, 3.63) is 74.5 Å². The van der Waals surface area contributed by atoms with Crippen molar-refractivity contribution < 1.29 is 9.53 Å². The molecule has 1 aliphatic rings. The minimum absolute atomic E-state index is 0.0407. The summed E-state index contributed by atoms with van der Waals surface area (Å²) in [5.74, 6) is 0. The monoisotopic (exact) mass is 439 g/mol. The Kier molecular flexibility index (Phi) is 6.30. The topological polar surface area (TPSA) is 74.4 Å². The zero-order valence-electron chi connectivity index (χ0n) is 17.7. The fourth-order valence-electron chi connectivity index (χ4n) is 4.07. The Labute approximate surface area is 186 Å². The predicted octanol–water partition coefficient (Wildman–Crippen LogP) is 5.01. The van der Waals surface area contributed by atoms with Crippen LogP contribution in [0.15, 0.2) is 47.3 Å². The van der Waals surface area contributed by atoms with Crippen LogP contribution >= 0.6 is 11.6 Å². The number of carbonyl (C=O) groups is 1. The molecule has 7 heteroatoms. The number of para-hydroxylation sites is 1. The third-order valence-corrected chi connectivity index (χ3v) is 5.91. The lowest BCUT2D eigenvalue weighted by Gasteiger charge is -2.26. The second-order valence-corrected chi connectivity index (χ2v) is 8.50. The van der Waals surface area contributed by atoms with Crippen molar-refractivity contribution in [1.82, 2.24) is 9.88 Å². The number of H-pyrrole nitrogens is 1. The Hall–Kier alpha value is -2.83. The predicted molar refractivity (Wildman–Crippen MR) is 124 cm³/mol. The molecule has 0 unspecified atom stereocenters. The van der Waals surface area contributed by atoms with Crippen molar-refractivity contribution >= 4 is 34.2 Å². The Bertz CT molecular complexity index is 1170.